The van der Waals surface area contributed by atoms with Gasteiger partial charge in [-0.25, -0.2) is 0 Å². The van der Waals surface area contributed by atoms with Crippen molar-refractivity contribution >= 4 is 46.6 Å². The summed E-state index contributed by atoms with van der Waals surface area (Å²) in [4.78, 5) is 16.4. The average molecular weight is 386 g/mol. The molecule has 0 N–H and O–H groups in total. The molecule has 2 heterocycles. The van der Waals surface area contributed by atoms with Crippen LogP contribution in [0.2, 0.25) is 5.02 Å². The monoisotopic (exact) mass is 385 g/mol. The Kier molecular flexibility index (Phi) is 4.16. The number of carbonyl (C=O) groups excluding carboxylic acids is 1. The third-order valence-corrected chi connectivity index (χ3v) is 5.78. The lowest BCUT2D eigenvalue weighted by Crippen LogP contribution is -2.31. The summed E-state index contributed by atoms with van der Waals surface area (Å²) in [7, 11) is 1.84. The first kappa shape index (κ1) is 17.3. The summed E-state index contributed by atoms with van der Waals surface area (Å²) in [5.41, 5.74) is 4.83. The third-order valence-electron chi connectivity index (χ3n) is 5.07. The predicted octanol–water partition coefficient (Wildman–Crippen LogP) is 4.70. The molecule has 0 radical (unpaired) electrons. The zero-order chi connectivity index (χ0) is 18.6. The number of aromatic nitrogens is 1. The highest BCUT2D eigenvalue weighted by molar-refractivity contribution is 7.80. The smallest absolute Gasteiger partial charge is 0.281 e. The number of nitrogens with zero attached hydrogens (tertiary/aromatic N) is 3. The van der Waals surface area contributed by atoms with Gasteiger partial charge < -0.3 is 9.47 Å². The number of anilines is 1. The number of aryl methyl sites for hydroxylation is 1. The summed E-state index contributed by atoms with van der Waals surface area (Å²) in [5.74, 6) is -0.115. The number of hydrogen-bond acceptors (Lipinski definition) is 2. The molecule has 2 fully saturated rings. The first-order chi connectivity index (χ1) is 12.4. The van der Waals surface area contributed by atoms with Crippen LogP contribution in [0.1, 0.15) is 35.8 Å². The molecule has 2 aromatic rings. The molecule has 134 valence electrons. The summed E-state index contributed by atoms with van der Waals surface area (Å²) in [6.07, 6.45) is 4.42. The van der Waals surface area contributed by atoms with Gasteiger partial charge in [0, 0.05) is 29.5 Å². The van der Waals surface area contributed by atoms with Gasteiger partial charge in [-0.1, -0.05) is 11.6 Å². The fourth-order valence-electron chi connectivity index (χ4n) is 3.56. The lowest BCUT2D eigenvalue weighted by molar-refractivity contribution is -0.114. The highest BCUT2D eigenvalue weighted by atomic mass is 35.5. The van der Waals surface area contributed by atoms with Crippen LogP contribution in [-0.2, 0) is 4.79 Å². The minimum Gasteiger partial charge on any atom is -0.346 e. The number of rotatable bonds is 3. The van der Waals surface area contributed by atoms with Crippen LogP contribution in [0, 0.1) is 13.8 Å². The number of benzene rings is 1. The van der Waals surface area contributed by atoms with Gasteiger partial charge in [-0.15, -0.1) is 0 Å². The summed E-state index contributed by atoms with van der Waals surface area (Å²) in [6, 6.07) is 9.90. The second-order valence-corrected chi connectivity index (χ2v) is 7.72. The van der Waals surface area contributed by atoms with Crippen molar-refractivity contribution in [3.8, 4) is 0 Å². The van der Waals surface area contributed by atoms with Gasteiger partial charge in [0.2, 0.25) is 0 Å². The molecular formula is C20H20ClN3OS. The second kappa shape index (κ2) is 6.25. The Morgan fingerprint density at radius 1 is 1.19 bits per heavy atom. The van der Waals surface area contributed by atoms with Gasteiger partial charge in [0.05, 0.1) is 5.69 Å². The molecule has 1 saturated carbocycles. The Labute approximate surface area is 163 Å². The van der Waals surface area contributed by atoms with Crippen LogP contribution in [0.3, 0.4) is 0 Å². The van der Waals surface area contributed by atoms with E-state index in [1.807, 2.05) is 25.3 Å². The molecule has 4 rings (SSSR count). The van der Waals surface area contributed by atoms with Crippen molar-refractivity contribution in [2.45, 2.75) is 32.7 Å². The van der Waals surface area contributed by atoms with Gasteiger partial charge in [0.15, 0.2) is 5.11 Å². The van der Waals surface area contributed by atoms with E-state index in [1.54, 1.807) is 21.9 Å². The lowest BCUT2D eigenvalue weighted by atomic mass is 10.2. The number of carbonyl (C=O) groups is 1. The lowest BCUT2D eigenvalue weighted by Gasteiger charge is -2.16. The topological polar surface area (TPSA) is 28.5 Å². The van der Waals surface area contributed by atoms with E-state index in [0.29, 0.717) is 21.9 Å². The zero-order valence-corrected chi connectivity index (χ0v) is 16.6. The van der Waals surface area contributed by atoms with E-state index in [2.05, 4.69) is 24.5 Å². The van der Waals surface area contributed by atoms with Gasteiger partial charge in [-0.2, -0.15) is 0 Å². The maximum atomic E-state index is 13.1. The SMILES string of the molecule is Cc1cc(/C=C2/C(=O)N(c3ccc(Cl)cc3)C(=S)N2C)c(C)n1C1CC1. The summed E-state index contributed by atoms with van der Waals surface area (Å²) >= 11 is 11.5. The van der Waals surface area contributed by atoms with Crippen molar-refractivity contribution < 1.29 is 4.79 Å². The Morgan fingerprint density at radius 2 is 1.85 bits per heavy atom. The van der Waals surface area contributed by atoms with Crippen molar-refractivity contribution in [2.75, 3.05) is 11.9 Å². The number of halogens is 1. The second-order valence-electron chi connectivity index (χ2n) is 6.92. The molecule has 1 aromatic carbocycles. The summed E-state index contributed by atoms with van der Waals surface area (Å²) < 4.78 is 2.38. The molecule has 0 bridgehead atoms. The van der Waals surface area contributed by atoms with Crippen molar-refractivity contribution in [2.24, 2.45) is 0 Å². The molecule has 1 aliphatic carbocycles. The van der Waals surface area contributed by atoms with Crippen molar-refractivity contribution in [1.82, 2.24) is 9.47 Å². The Balaban J connectivity index is 1.72. The number of amides is 1. The number of hydrogen-bond donors (Lipinski definition) is 0. The number of likely N-dealkylation sites (N-methyl/N-ethyl adjacent to an activating group) is 1. The Hall–Kier alpha value is -2.11. The van der Waals surface area contributed by atoms with E-state index in [-0.39, 0.29) is 5.91 Å². The standard InChI is InChI=1S/C20H20ClN3OS/c1-12-10-14(13(2)23(12)16-8-9-16)11-18-19(25)24(20(26)22(18)3)17-6-4-15(21)5-7-17/h4-7,10-11,16H,8-9H2,1-3H3/b18-11-. The highest BCUT2D eigenvalue weighted by Gasteiger charge is 2.37. The molecule has 4 nitrogen and oxygen atoms in total. The van der Waals surface area contributed by atoms with Gasteiger partial charge in [-0.05, 0) is 80.9 Å². The molecule has 26 heavy (non-hydrogen) atoms. The minimum atomic E-state index is -0.115. The first-order valence-electron chi connectivity index (χ1n) is 8.66. The van der Waals surface area contributed by atoms with Crippen molar-refractivity contribution in [3.05, 3.63) is 58.0 Å². The molecule has 0 unspecified atom stereocenters. The van der Waals surface area contributed by atoms with Crippen LogP contribution in [0.5, 0.6) is 0 Å². The van der Waals surface area contributed by atoms with E-state index < -0.39 is 0 Å². The van der Waals surface area contributed by atoms with Gasteiger partial charge in [-0.3, -0.25) is 9.69 Å². The van der Waals surface area contributed by atoms with Gasteiger partial charge in [0.1, 0.15) is 5.70 Å². The van der Waals surface area contributed by atoms with E-state index in [9.17, 15) is 4.79 Å². The molecular weight excluding hydrogens is 366 g/mol. The molecule has 1 aliphatic heterocycles. The first-order valence-corrected chi connectivity index (χ1v) is 9.45. The quantitative estimate of drug-likeness (QED) is 0.566. The summed E-state index contributed by atoms with van der Waals surface area (Å²) in [6.45, 7) is 4.24. The van der Waals surface area contributed by atoms with Crippen LogP contribution in [0.25, 0.3) is 6.08 Å². The van der Waals surface area contributed by atoms with Gasteiger partial charge >= 0.3 is 0 Å². The fourth-order valence-corrected chi connectivity index (χ4v) is 3.98. The molecule has 6 heteroatoms. The third kappa shape index (κ3) is 2.75. The van der Waals surface area contributed by atoms with Crippen LogP contribution in [0.15, 0.2) is 36.0 Å². The largest absolute Gasteiger partial charge is 0.346 e. The van der Waals surface area contributed by atoms with Crippen molar-refractivity contribution in [1.29, 1.82) is 0 Å². The van der Waals surface area contributed by atoms with Crippen LogP contribution < -0.4 is 4.90 Å². The van der Waals surface area contributed by atoms with Crippen LogP contribution in [-0.4, -0.2) is 27.5 Å². The molecule has 1 aromatic heterocycles. The molecule has 1 saturated heterocycles. The fraction of sp³-hybridized carbons (Fsp3) is 0.300. The van der Waals surface area contributed by atoms with E-state index in [0.717, 1.165) is 11.3 Å². The average Bonchev–Trinajstić information content (AvgIpc) is 3.36. The zero-order valence-electron chi connectivity index (χ0n) is 15.0. The molecule has 0 spiro atoms. The number of thiocarbonyl (C=S) groups is 1. The maximum absolute atomic E-state index is 13.1. The van der Waals surface area contributed by atoms with E-state index in [4.69, 9.17) is 23.8 Å². The summed E-state index contributed by atoms with van der Waals surface area (Å²) in [5, 5.41) is 1.10. The Bertz CT molecular complexity index is 941. The normalized spacial score (nSPS) is 19.2. The highest BCUT2D eigenvalue weighted by Crippen LogP contribution is 2.39. The van der Waals surface area contributed by atoms with E-state index in [1.165, 1.54) is 24.2 Å². The Morgan fingerprint density at radius 3 is 2.46 bits per heavy atom. The van der Waals surface area contributed by atoms with E-state index >= 15 is 0 Å². The predicted molar refractivity (Wildman–Crippen MR) is 109 cm³/mol. The minimum absolute atomic E-state index is 0.115. The van der Waals surface area contributed by atoms with Crippen LogP contribution >= 0.6 is 23.8 Å². The van der Waals surface area contributed by atoms with Gasteiger partial charge in [0.25, 0.3) is 5.91 Å². The van der Waals surface area contributed by atoms with Crippen LogP contribution in [0.4, 0.5) is 5.69 Å². The van der Waals surface area contributed by atoms with Crippen molar-refractivity contribution in [3.63, 3.8) is 0 Å². The maximum Gasteiger partial charge on any atom is 0.281 e. The molecule has 1 amide bonds. The molecule has 2 aliphatic rings. The molecule has 0 atom stereocenters.